The number of ether oxygens (including phenoxy) is 2. The Balaban J connectivity index is 1.85. The normalized spacial score (nSPS) is 10.3. The molecule has 0 aliphatic carbocycles. The lowest BCUT2D eigenvalue weighted by molar-refractivity contribution is -0.116. The molecule has 0 saturated heterocycles. The van der Waals surface area contributed by atoms with Crippen molar-refractivity contribution in [2.45, 2.75) is 13.0 Å². The first-order valence-electron chi connectivity index (χ1n) is 7.60. The van der Waals surface area contributed by atoms with Crippen LogP contribution in [0.2, 0.25) is 5.02 Å². The number of nitrogens with one attached hydrogen (secondary N) is 2. The van der Waals surface area contributed by atoms with E-state index in [4.69, 9.17) is 21.1 Å². The number of methoxy groups -OCH3 is 2. The maximum atomic E-state index is 12.1. The van der Waals surface area contributed by atoms with Crippen LogP contribution >= 0.6 is 11.6 Å². The molecule has 0 aromatic heterocycles. The smallest absolute Gasteiger partial charge is 0.225 e. The van der Waals surface area contributed by atoms with Crippen molar-refractivity contribution in [2.75, 3.05) is 26.1 Å². The lowest BCUT2D eigenvalue weighted by Crippen LogP contribution is -2.21. The Kier molecular flexibility index (Phi) is 6.90. The third kappa shape index (κ3) is 5.15. The molecule has 1 amide bonds. The number of rotatable bonds is 8. The zero-order valence-corrected chi connectivity index (χ0v) is 14.5. The second-order valence-electron chi connectivity index (χ2n) is 5.15. The predicted octanol–water partition coefficient (Wildman–Crippen LogP) is 3.48. The van der Waals surface area contributed by atoms with E-state index in [1.54, 1.807) is 12.1 Å². The van der Waals surface area contributed by atoms with E-state index >= 15 is 0 Å². The summed E-state index contributed by atoms with van der Waals surface area (Å²) in [6.45, 7) is 1.31. The highest BCUT2D eigenvalue weighted by Crippen LogP contribution is 2.35. The first-order valence-corrected chi connectivity index (χ1v) is 7.98. The molecule has 2 rings (SSSR count). The molecular weight excluding hydrogens is 328 g/mol. The van der Waals surface area contributed by atoms with Gasteiger partial charge in [-0.2, -0.15) is 0 Å². The van der Waals surface area contributed by atoms with Gasteiger partial charge in [-0.15, -0.1) is 0 Å². The van der Waals surface area contributed by atoms with Crippen molar-refractivity contribution < 1.29 is 14.3 Å². The Hall–Kier alpha value is -2.24. The molecule has 0 spiro atoms. The third-order valence-electron chi connectivity index (χ3n) is 3.45. The molecule has 2 aromatic rings. The van der Waals surface area contributed by atoms with Crippen LogP contribution in [-0.4, -0.2) is 26.7 Å². The zero-order valence-electron chi connectivity index (χ0n) is 13.8. The van der Waals surface area contributed by atoms with Crippen molar-refractivity contribution in [1.29, 1.82) is 0 Å². The van der Waals surface area contributed by atoms with Crippen LogP contribution in [0.25, 0.3) is 0 Å². The van der Waals surface area contributed by atoms with Crippen LogP contribution in [0.5, 0.6) is 11.5 Å². The molecule has 6 heteroatoms. The summed E-state index contributed by atoms with van der Waals surface area (Å²) in [6, 6.07) is 13.3. The number of carbonyl (C=O) groups excluding carboxylic acids is 1. The molecular formula is C18H21ClN2O3. The zero-order chi connectivity index (χ0) is 17.4. The summed E-state index contributed by atoms with van der Waals surface area (Å²) in [5.41, 5.74) is 1.72. The van der Waals surface area contributed by atoms with E-state index in [0.717, 1.165) is 6.54 Å². The Morgan fingerprint density at radius 2 is 1.79 bits per heavy atom. The Morgan fingerprint density at radius 1 is 1.08 bits per heavy atom. The van der Waals surface area contributed by atoms with Gasteiger partial charge in [0.15, 0.2) is 0 Å². The molecule has 0 aliphatic rings. The summed E-state index contributed by atoms with van der Waals surface area (Å²) < 4.78 is 10.4. The topological polar surface area (TPSA) is 59.6 Å². The first-order chi connectivity index (χ1) is 11.6. The summed E-state index contributed by atoms with van der Waals surface area (Å²) in [6.07, 6.45) is 0.348. The number of hydrogen-bond acceptors (Lipinski definition) is 4. The maximum Gasteiger partial charge on any atom is 0.225 e. The molecule has 0 saturated carbocycles. The van der Waals surface area contributed by atoms with Gasteiger partial charge in [-0.05, 0) is 5.56 Å². The fraction of sp³-hybridized carbons (Fsp3) is 0.278. The quantitative estimate of drug-likeness (QED) is 0.717. The van der Waals surface area contributed by atoms with E-state index in [0.29, 0.717) is 35.2 Å². The van der Waals surface area contributed by atoms with Gasteiger partial charge in [0.2, 0.25) is 5.91 Å². The van der Waals surface area contributed by atoms with Crippen molar-refractivity contribution in [3.8, 4) is 11.5 Å². The number of amides is 1. The third-order valence-corrected chi connectivity index (χ3v) is 3.74. The highest BCUT2D eigenvalue weighted by atomic mass is 35.5. The van der Waals surface area contributed by atoms with Crippen LogP contribution in [-0.2, 0) is 11.3 Å². The summed E-state index contributed by atoms with van der Waals surface area (Å²) in [5, 5.41) is 6.49. The summed E-state index contributed by atoms with van der Waals surface area (Å²) in [4.78, 5) is 12.1. The van der Waals surface area contributed by atoms with Gasteiger partial charge in [-0.25, -0.2) is 0 Å². The molecule has 0 aliphatic heterocycles. The summed E-state index contributed by atoms with van der Waals surface area (Å²) >= 11 is 6.05. The van der Waals surface area contributed by atoms with Crippen LogP contribution in [0, 0.1) is 0 Å². The lowest BCUT2D eigenvalue weighted by atomic mass is 10.2. The van der Waals surface area contributed by atoms with Crippen LogP contribution in [0.15, 0.2) is 42.5 Å². The predicted molar refractivity (Wildman–Crippen MR) is 96.0 cm³/mol. The maximum absolute atomic E-state index is 12.1. The second-order valence-corrected chi connectivity index (χ2v) is 5.55. The van der Waals surface area contributed by atoms with Crippen molar-refractivity contribution in [2.24, 2.45) is 0 Å². The molecule has 0 fully saturated rings. The molecule has 0 radical (unpaired) electrons. The van der Waals surface area contributed by atoms with Crippen LogP contribution in [0.1, 0.15) is 12.0 Å². The van der Waals surface area contributed by atoms with E-state index in [-0.39, 0.29) is 5.91 Å². The monoisotopic (exact) mass is 348 g/mol. The van der Waals surface area contributed by atoms with Gasteiger partial charge >= 0.3 is 0 Å². The molecule has 0 bridgehead atoms. The Bertz CT molecular complexity index is 677. The van der Waals surface area contributed by atoms with Crippen LogP contribution in [0.3, 0.4) is 0 Å². The van der Waals surface area contributed by atoms with Gasteiger partial charge in [0.25, 0.3) is 0 Å². The SMILES string of the molecule is COc1cc(NC(=O)CCNCc2ccccc2)c(OC)cc1Cl. The molecule has 2 aromatic carbocycles. The Morgan fingerprint density at radius 3 is 2.46 bits per heavy atom. The minimum atomic E-state index is -0.113. The van der Waals surface area contributed by atoms with Gasteiger partial charge in [0, 0.05) is 31.6 Å². The largest absolute Gasteiger partial charge is 0.495 e. The lowest BCUT2D eigenvalue weighted by Gasteiger charge is -2.13. The second kappa shape index (κ2) is 9.15. The standard InChI is InChI=1S/C18H21ClN2O3/c1-23-16-11-15(17(24-2)10-14(16)19)21-18(22)8-9-20-12-13-6-4-3-5-7-13/h3-7,10-11,20H,8-9,12H2,1-2H3,(H,21,22). The molecule has 0 heterocycles. The average molecular weight is 349 g/mol. The van der Waals surface area contributed by atoms with Gasteiger partial charge in [0.1, 0.15) is 11.5 Å². The average Bonchev–Trinajstić information content (AvgIpc) is 2.60. The van der Waals surface area contributed by atoms with Crippen LogP contribution in [0.4, 0.5) is 5.69 Å². The van der Waals surface area contributed by atoms with Crippen molar-refractivity contribution >= 4 is 23.2 Å². The van der Waals surface area contributed by atoms with Gasteiger partial charge in [-0.3, -0.25) is 4.79 Å². The van der Waals surface area contributed by atoms with Crippen molar-refractivity contribution in [3.63, 3.8) is 0 Å². The number of benzene rings is 2. The fourth-order valence-corrected chi connectivity index (χ4v) is 2.43. The number of anilines is 1. The number of carbonyl (C=O) groups is 1. The summed E-state index contributed by atoms with van der Waals surface area (Å²) in [5.74, 6) is 0.861. The molecule has 24 heavy (non-hydrogen) atoms. The van der Waals surface area contributed by atoms with Gasteiger partial charge in [-0.1, -0.05) is 41.9 Å². The minimum absolute atomic E-state index is 0.113. The number of halogens is 1. The van der Waals surface area contributed by atoms with E-state index in [1.807, 2.05) is 30.3 Å². The van der Waals surface area contributed by atoms with Crippen molar-refractivity contribution in [1.82, 2.24) is 5.32 Å². The van der Waals surface area contributed by atoms with E-state index in [9.17, 15) is 4.79 Å². The fourth-order valence-electron chi connectivity index (χ4n) is 2.20. The molecule has 5 nitrogen and oxygen atoms in total. The van der Waals surface area contributed by atoms with E-state index in [2.05, 4.69) is 10.6 Å². The highest BCUT2D eigenvalue weighted by molar-refractivity contribution is 6.32. The van der Waals surface area contributed by atoms with Gasteiger partial charge in [0.05, 0.1) is 24.9 Å². The molecule has 2 N–H and O–H groups in total. The highest BCUT2D eigenvalue weighted by Gasteiger charge is 2.12. The summed E-state index contributed by atoms with van der Waals surface area (Å²) in [7, 11) is 3.04. The molecule has 0 unspecified atom stereocenters. The first kappa shape index (κ1) is 18.1. The molecule has 0 atom stereocenters. The number of hydrogen-bond donors (Lipinski definition) is 2. The van der Waals surface area contributed by atoms with Crippen LogP contribution < -0.4 is 20.1 Å². The van der Waals surface area contributed by atoms with E-state index in [1.165, 1.54) is 19.8 Å². The Labute approximate surface area is 146 Å². The minimum Gasteiger partial charge on any atom is -0.495 e. The van der Waals surface area contributed by atoms with Crippen molar-refractivity contribution in [3.05, 3.63) is 53.1 Å². The molecule has 128 valence electrons. The van der Waals surface area contributed by atoms with E-state index < -0.39 is 0 Å². The van der Waals surface area contributed by atoms with Gasteiger partial charge < -0.3 is 20.1 Å².